The highest BCUT2D eigenvalue weighted by atomic mass is 19.4. The van der Waals surface area contributed by atoms with Crippen molar-refractivity contribution in [3.8, 4) is 5.75 Å². The zero-order valence-corrected chi connectivity index (χ0v) is 13.0. The molecule has 6 heteroatoms. The van der Waals surface area contributed by atoms with Crippen LogP contribution in [-0.4, -0.2) is 7.11 Å². The van der Waals surface area contributed by atoms with Crippen LogP contribution in [-0.2, 0) is 6.18 Å². The highest BCUT2D eigenvalue weighted by Crippen LogP contribution is 2.33. The lowest BCUT2D eigenvalue weighted by atomic mass is 10.0. The third-order valence-electron chi connectivity index (χ3n) is 4.18. The molecule has 0 amide bonds. The van der Waals surface area contributed by atoms with Crippen molar-refractivity contribution in [3.05, 3.63) is 64.3 Å². The van der Waals surface area contributed by atoms with Crippen molar-refractivity contribution in [1.29, 1.82) is 0 Å². The van der Waals surface area contributed by atoms with Gasteiger partial charge in [0.1, 0.15) is 16.9 Å². The van der Waals surface area contributed by atoms with Gasteiger partial charge in [-0.25, -0.2) is 0 Å². The maximum Gasteiger partial charge on any atom is 0.416 e. The molecule has 3 nitrogen and oxygen atoms in total. The smallest absolute Gasteiger partial charge is 0.416 e. The van der Waals surface area contributed by atoms with Gasteiger partial charge in [0.15, 0.2) is 0 Å². The van der Waals surface area contributed by atoms with Gasteiger partial charge in [0.2, 0.25) is 5.43 Å². The van der Waals surface area contributed by atoms with Crippen LogP contribution in [0.1, 0.15) is 5.56 Å². The summed E-state index contributed by atoms with van der Waals surface area (Å²) in [7, 11) is 1.51. The SMILES string of the molecule is COc1cccc2cc3oc4ccc(C(F)(F)F)cc4c(=O)c3cc12. The molecule has 0 radical (unpaired) electrons. The summed E-state index contributed by atoms with van der Waals surface area (Å²) in [6.07, 6.45) is -4.53. The molecule has 4 rings (SSSR count). The maximum atomic E-state index is 12.9. The molecule has 126 valence electrons. The minimum Gasteiger partial charge on any atom is -0.496 e. The Morgan fingerprint density at radius 3 is 2.40 bits per heavy atom. The van der Waals surface area contributed by atoms with Crippen LogP contribution in [0.3, 0.4) is 0 Å². The molecule has 1 aromatic heterocycles. The van der Waals surface area contributed by atoms with Crippen LogP contribution in [0.25, 0.3) is 32.7 Å². The van der Waals surface area contributed by atoms with Gasteiger partial charge in [-0.05, 0) is 41.8 Å². The molecule has 0 saturated carbocycles. The number of methoxy groups -OCH3 is 1. The van der Waals surface area contributed by atoms with Crippen LogP contribution < -0.4 is 10.2 Å². The first kappa shape index (κ1) is 15.5. The van der Waals surface area contributed by atoms with Crippen molar-refractivity contribution in [2.24, 2.45) is 0 Å². The molecule has 4 aromatic rings. The highest BCUT2D eigenvalue weighted by Gasteiger charge is 2.31. The van der Waals surface area contributed by atoms with Crippen LogP contribution >= 0.6 is 0 Å². The molecule has 3 aromatic carbocycles. The molecular weight excluding hydrogens is 333 g/mol. The summed E-state index contributed by atoms with van der Waals surface area (Å²) in [6.45, 7) is 0. The summed E-state index contributed by atoms with van der Waals surface area (Å²) < 4.78 is 49.7. The van der Waals surface area contributed by atoms with E-state index >= 15 is 0 Å². The van der Waals surface area contributed by atoms with Gasteiger partial charge in [-0.3, -0.25) is 4.79 Å². The number of hydrogen-bond donors (Lipinski definition) is 0. The van der Waals surface area contributed by atoms with Crippen molar-refractivity contribution in [1.82, 2.24) is 0 Å². The van der Waals surface area contributed by atoms with Crippen LogP contribution in [0.5, 0.6) is 5.75 Å². The Morgan fingerprint density at radius 2 is 1.68 bits per heavy atom. The molecule has 0 unspecified atom stereocenters. The minimum absolute atomic E-state index is 0.100. The Labute approximate surface area is 139 Å². The molecule has 0 aliphatic carbocycles. The molecule has 0 aliphatic heterocycles. The van der Waals surface area contributed by atoms with E-state index in [9.17, 15) is 18.0 Å². The average molecular weight is 344 g/mol. The Balaban J connectivity index is 2.12. The summed E-state index contributed by atoms with van der Waals surface area (Å²) in [5.41, 5.74) is -0.953. The fourth-order valence-electron chi connectivity index (χ4n) is 2.95. The van der Waals surface area contributed by atoms with Crippen molar-refractivity contribution >= 4 is 32.7 Å². The number of fused-ring (bicyclic) bond motifs is 3. The van der Waals surface area contributed by atoms with Crippen LogP contribution in [0.2, 0.25) is 0 Å². The molecular formula is C19H11F3O3. The van der Waals surface area contributed by atoms with E-state index in [-0.39, 0.29) is 16.4 Å². The van der Waals surface area contributed by atoms with E-state index in [1.54, 1.807) is 18.2 Å². The standard InChI is InChI=1S/C19H11F3O3/c1-24-15-4-2-3-10-7-17-14(9-12(10)15)18(23)13-8-11(19(20,21)22)5-6-16(13)25-17/h2-9H,1H3. The predicted octanol–water partition coefficient (Wildman–Crippen LogP) is 5.13. The zero-order chi connectivity index (χ0) is 17.8. The summed E-state index contributed by atoms with van der Waals surface area (Å²) in [5.74, 6) is 0.572. The molecule has 0 atom stereocenters. The lowest BCUT2D eigenvalue weighted by Gasteiger charge is -2.09. The van der Waals surface area contributed by atoms with E-state index in [2.05, 4.69) is 0 Å². The quantitative estimate of drug-likeness (QED) is 0.450. The van der Waals surface area contributed by atoms with E-state index in [4.69, 9.17) is 9.15 Å². The largest absolute Gasteiger partial charge is 0.496 e. The zero-order valence-electron chi connectivity index (χ0n) is 13.0. The van der Waals surface area contributed by atoms with Gasteiger partial charge >= 0.3 is 6.18 Å². The third-order valence-corrected chi connectivity index (χ3v) is 4.18. The Hall–Kier alpha value is -3.02. The maximum absolute atomic E-state index is 12.9. The van der Waals surface area contributed by atoms with E-state index in [0.717, 1.165) is 17.5 Å². The lowest BCUT2D eigenvalue weighted by Crippen LogP contribution is -2.08. The predicted molar refractivity (Wildman–Crippen MR) is 89.1 cm³/mol. The molecule has 0 aliphatic rings. The molecule has 0 saturated heterocycles. The molecule has 0 bridgehead atoms. The van der Waals surface area contributed by atoms with Crippen LogP contribution in [0.15, 0.2) is 57.7 Å². The summed E-state index contributed by atoms with van der Waals surface area (Å²) in [6, 6.07) is 11.6. The number of alkyl halides is 3. The first-order chi connectivity index (χ1) is 11.9. The third kappa shape index (κ3) is 2.41. The summed E-state index contributed by atoms with van der Waals surface area (Å²) in [4.78, 5) is 12.7. The van der Waals surface area contributed by atoms with E-state index in [1.165, 1.54) is 13.2 Å². The van der Waals surface area contributed by atoms with Crippen molar-refractivity contribution in [2.45, 2.75) is 6.18 Å². The van der Waals surface area contributed by atoms with Gasteiger partial charge < -0.3 is 9.15 Å². The number of halogens is 3. The van der Waals surface area contributed by atoms with Crippen molar-refractivity contribution in [3.63, 3.8) is 0 Å². The monoisotopic (exact) mass is 344 g/mol. The van der Waals surface area contributed by atoms with Gasteiger partial charge in [0.25, 0.3) is 0 Å². The van der Waals surface area contributed by atoms with Crippen molar-refractivity contribution < 1.29 is 22.3 Å². The fraction of sp³-hybridized carbons (Fsp3) is 0.105. The molecule has 0 fully saturated rings. The van der Waals surface area contributed by atoms with E-state index < -0.39 is 17.2 Å². The van der Waals surface area contributed by atoms with Gasteiger partial charge in [-0.1, -0.05) is 12.1 Å². The van der Waals surface area contributed by atoms with Gasteiger partial charge in [-0.15, -0.1) is 0 Å². The lowest BCUT2D eigenvalue weighted by molar-refractivity contribution is -0.137. The fourth-order valence-corrected chi connectivity index (χ4v) is 2.95. The number of benzene rings is 3. The minimum atomic E-state index is -4.53. The van der Waals surface area contributed by atoms with Gasteiger partial charge in [0.05, 0.1) is 23.4 Å². The van der Waals surface area contributed by atoms with E-state index in [1.807, 2.05) is 12.1 Å². The Morgan fingerprint density at radius 1 is 0.920 bits per heavy atom. The molecule has 25 heavy (non-hydrogen) atoms. The number of hydrogen-bond acceptors (Lipinski definition) is 3. The van der Waals surface area contributed by atoms with E-state index in [0.29, 0.717) is 16.7 Å². The van der Waals surface area contributed by atoms with Crippen LogP contribution in [0.4, 0.5) is 13.2 Å². The second-order valence-corrected chi connectivity index (χ2v) is 5.67. The Bertz CT molecular complexity index is 1190. The van der Waals surface area contributed by atoms with Crippen molar-refractivity contribution in [2.75, 3.05) is 7.11 Å². The number of ether oxygens (including phenoxy) is 1. The normalized spacial score (nSPS) is 12.2. The molecule has 1 heterocycles. The highest BCUT2D eigenvalue weighted by molar-refractivity contribution is 6.01. The first-order valence-electron chi connectivity index (χ1n) is 7.43. The number of rotatable bonds is 1. The van der Waals surface area contributed by atoms with Gasteiger partial charge in [0, 0.05) is 5.39 Å². The Kier molecular flexibility index (Phi) is 3.25. The second-order valence-electron chi connectivity index (χ2n) is 5.67. The average Bonchev–Trinajstić information content (AvgIpc) is 2.59. The summed E-state index contributed by atoms with van der Waals surface area (Å²) in [5, 5.41) is 1.61. The van der Waals surface area contributed by atoms with Crippen LogP contribution in [0, 0.1) is 0 Å². The molecule has 0 N–H and O–H groups in total. The molecule has 0 spiro atoms. The summed E-state index contributed by atoms with van der Waals surface area (Å²) >= 11 is 0. The first-order valence-corrected chi connectivity index (χ1v) is 7.43. The topological polar surface area (TPSA) is 39.4 Å². The van der Waals surface area contributed by atoms with Gasteiger partial charge in [-0.2, -0.15) is 13.2 Å². The second kappa shape index (κ2) is 5.24.